The molecule has 5 rings (SSSR count). The number of aromatic nitrogens is 4. The molecule has 0 radical (unpaired) electrons. The molecule has 4 aromatic rings. The fraction of sp³-hybridized carbons (Fsp3) is 0.304. The fourth-order valence-corrected chi connectivity index (χ4v) is 6.51. The molecule has 3 heterocycles. The van der Waals surface area contributed by atoms with Gasteiger partial charge in [0.05, 0.1) is 22.0 Å². The van der Waals surface area contributed by atoms with E-state index in [1.165, 1.54) is 28.6 Å². The maximum atomic E-state index is 13.4. The quantitative estimate of drug-likeness (QED) is 0.184. The minimum Gasteiger partial charge on any atom is -0.309 e. The molecule has 0 saturated carbocycles. The van der Waals surface area contributed by atoms with Gasteiger partial charge in [-0.2, -0.15) is 0 Å². The molecule has 1 aliphatic carbocycles. The SMILES string of the molecule is C=CCn1c(SCc2nc3cc(Cl)ccc3c(=O)[nH]2)nc2sc3c(c2c1=O)CCCCC3. The van der Waals surface area contributed by atoms with E-state index in [4.69, 9.17) is 16.6 Å². The molecule has 164 valence electrons. The molecule has 0 atom stereocenters. The van der Waals surface area contributed by atoms with Crippen molar-refractivity contribution in [3.63, 3.8) is 0 Å². The van der Waals surface area contributed by atoms with Gasteiger partial charge in [-0.15, -0.1) is 17.9 Å². The van der Waals surface area contributed by atoms with Crippen molar-refractivity contribution >= 4 is 55.8 Å². The fourth-order valence-electron chi connectivity index (χ4n) is 4.16. The maximum Gasteiger partial charge on any atom is 0.263 e. The number of halogens is 1. The highest BCUT2D eigenvalue weighted by molar-refractivity contribution is 7.98. The summed E-state index contributed by atoms with van der Waals surface area (Å²) >= 11 is 9.09. The van der Waals surface area contributed by atoms with Gasteiger partial charge in [0.2, 0.25) is 0 Å². The van der Waals surface area contributed by atoms with Crippen molar-refractivity contribution in [1.29, 1.82) is 0 Å². The third-order valence-electron chi connectivity index (χ3n) is 5.66. The van der Waals surface area contributed by atoms with E-state index in [9.17, 15) is 9.59 Å². The second-order valence-electron chi connectivity index (χ2n) is 7.81. The number of hydrogen-bond donors (Lipinski definition) is 1. The molecule has 0 aliphatic heterocycles. The Morgan fingerprint density at radius 2 is 2.06 bits per heavy atom. The summed E-state index contributed by atoms with van der Waals surface area (Å²) in [7, 11) is 0. The molecule has 32 heavy (non-hydrogen) atoms. The molecule has 0 saturated heterocycles. The van der Waals surface area contributed by atoms with Crippen molar-refractivity contribution in [2.75, 3.05) is 0 Å². The Labute approximate surface area is 197 Å². The number of hydrogen-bond acceptors (Lipinski definition) is 6. The molecular formula is C23H21ClN4O2S2. The van der Waals surface area contributed by atoms with E-state index >= 15 is 0 Å². The number of nitrogens with one attached hydrogen (secondary N) is 1. The second-order valence-corrected chi connectivity index (χ2v) is 10.3. The van der Waals surface area contributed by atoms with Crippen LogP contribution in [-0.2, 0) is 25.1 Å². The van der Waals surface area contributed by atoms with E-state index in [1.807, 2.05) is 0 Å². The molecular weight excluding hydrogens is 464 g/mol. The Bertz CT molecular complexity index is 1470. The highest BCUT2D eigenvalue weighted by Crippen LogP contribution is 2.34. The van der Waals surface area contributed by atoms with Crippen LogP contribution < -0.4 is 11.1 Å². The molecule has 0 fully saturated rings. The van der Waals surface area contributed by atoms with E-state index < -0.39 is 0 Å². The molecule has 0 amide bonds. The van der Waals surface area contributed by atoms with Gasteiger partial charge in [-0.1, -0.05) is 35.9 Å². The maximum absolute atomic E-state index is 13.4. The summed E-state index contributed by atoms with van der Waals surface area (Å²) < 4.78 is 1.67. The summed E-state index contributed by atoms with van der Waals surface area (Å²) in [6.07, 6.45) is 7.14. The number of H-pyrrole nitrogens is 1. The van der Waals surface area contributed by atoms with Crippen LogP contribution in [0.5, 0.6) is 0 Å². The zero-order valence-electron chi connectivity index (χ0n) is 17.3. The minimum absolute atomic E-state index is 0.0106. The van der Waals surface area contributed by atoms with Crippen LogP contribution in [0, 0.1) is 0 Å². The van der Waals surface area contributed by atoms with Gasteiger partial charge in [-0.05, 0) is 49.4 Å². The molecule has 6 nitrogen and oxygen atoms in total. The van der Waals surface area contributed by atoms with Gasteiger partial charge in [-0.3, -0.25) is 14.2 Å². The Balaban J connectivity index is 1.54. The van der Waals surface area contributed by atoms with Crippen LogP contribution in [0.15, 0.2) is 45.6 Å². The summed E-state index contributed by atoms with van der Waals surface area (Å²) in [6.45, 7) is 4.20. The number of rotatable bonds is 5. The second kappa shape index (κ2) is 8.84. The van der Waals surface area contributed by atoms with Gasteiger partial charge in [0, 0.05) is 16.4 Å². The van der Waals surface area contributed by atoms with Crippen LogP contribution in [0.3, 0.4) is 0 Å². The third kappa shape index (κ3) is 3.91. The third-order valence-corrected chi connectivity index (χ3v) is 8.07. The van der Waals surface area contributed by atoms with E-state index in [1.54, 1.807) is 40.2 Å². The smallest absolute Gasteiger partial charge is 0.263 e. The van der Waals surface area contributed by atoms with E-state index in [-0.39, 0.29) is 11.1 Å². The minimum atomic E-state index is -0.212. The number of thioether (sulfide) groups is 1. The number of aromatic amines is 1. The van der Waals surface area contributed by atoms with E-state index in [2.05, 4.69) is 16.5 Å². The average molecular weight is 485 g/mol. The van der Waals surface area contributed by atoms with Crippen molar-refractivity contribution in [3.05, 3.63) is 72.8 Å². The Morgan fingerprint density at radius 1 is 1.22 bits per heavy atom. The summed E-state index contributed by atoms with van der Waals surface area (Å²) in [5.41, 5.74) is 1.51. The first-order chi connectivity index (χ1) is 15.5. The number of thiophene rings is 1. The van der Waals surface area contributed by atoms with Crippen molar-refractivity contribution < 1.29 is 0 Å². The topological polar surface area (TPSA) is 80.6 Å². The average Bonchev–Trinajstić information content (AvgIpc) is 2.95. The van der Waals surface area contributed by atoms with Gasteiger partial charge >= 0.3 is 0 Å². The van der Waals surface area contributed by atoms with Crippen LogP contribution in [0.1, 0.15) is 35.5 Å². The first-order valence-electron chi connectivity index (χ1n) is 10.5. The van der Waals surface area contributed by atoms with Crippen LogP contribution in [-0.4, -0.2) is 19.5 Å². The summed E-state index contributed by atoms with van der Waals surface area (Å²) in [5.74, 6) is 0.883. The highest BCUT2D eigenvalue weighted by Gasteiger charge is 2.21. The molecule has 3 aromatic heterocycles. The van der Waals surface area contributed by atoms with Crippen molar-refractivity contribution in [2.24, 2.45) is 0 Å². The first-order valence-corrected chi connectivity index (χ1v) is 12.7. The van der Waals surface area contributed by atoms with E-state index in [0.29, 0.717) is 39.2 Å². The van der Waals surface area contributed by atoms with Crippen LogP contribution in [0.4, 0.5) is 0 Å². The number of benzene rings is 1. The normalized spacial score (nSPS) is 13.9. The molecule has 1 aromatic carbocycles. The largest absolute Gasteiger partial charge is 0.309 e. The number of aryl methyl sites for hydroxylation is 2. The zero-order chi connectivity index (χ0) is 22.2. The van der Waals surface area contributed by atoms with Crippen molar-refractivity contribution in [3.8, 4) is 0 Å². The van der Waals surface area contributed by atoms with E-state index in [0.717, 1.165) is 35.9 Å². The number of fused-ring (bicyclic) bond motifs is 4. The highest BCUT2D eigenvalue weighted by atomic mass is 35.5. The first kappa shape index (κ1) is 21.4. The lowest BCUT2D eigenvalue weighted by Crippen LogP contribution is -2.23. The molecule has 9 heteroatoms. The summed E-state index contributed by atoms with van der Waals surface area (Å²) in [4.78, 5) is 40.2. The summed E-state index contributed by atoms with van der Waals surface area (Å²) in [5, 5.41) is 2.39. The molecule has 0 spiro atoms. The standard InChI is InChI=1S/C23H21ClN4O2S2/c1-2-10-28-22(30)19-15-6-4-3-5-7-17(15)32-21(19)27-23(28)31-12-18-25-16-11-13(24)8-9-14(16)20(29)26-18/h2,8-9,11H,1,3-7,10,12H2,(H,25,26,29). The predicted molar refractivity (Wildman–Crippen MR) is 132 cm³/mol. The molecule has 0 bridgehead atoms. The summed E-state index contributed by atoms with van der Waals surface area (Å²) in [6, 6.07) is 5.01. The Morgan fingerprint density at radius 3 is 2.91 bits per heavy atom. The van der Waals surface area contributed by atoms with Gasteiger partial charge in [0.15, 0.2) is 5.16 Å². The predicted octanol–water partition coefficient (Wildman–Crippen LogP) is 5.10. The molecule has 0 unspecified atom stereocenters. The number of allylic oxidation sites excluding steroid dienone is 1. The van der Waals surface area contributed by atoms with Gasteiger partial charge in [-0.25, -0.2) is 9.97 Å². The Hall–Kier alpha value is -2.42. The monoisotopic (exact) mass is 484 g/mol. The van der Waals surface area contributed by atoms with Gasteiger partial charge in [0.1, 0.15) is 10.7 Å². The van der Waals surface area contributed by atoms with Crippen LogP contribution in [0.25, 0.3) is 21.1 Å². The lowest BCUT2D eigenvalue weighted by molar-refractivity contribution is 0.671. The van der Waals surface area contributed by atoms with Crippen LogP contribution >= 0.6 is 34.7 Å². The van der Waals surface area contributed by atoms with Gasteiger partial charge < -0.3 is 4.98 Å². The molecule has 1 N–H and O–H groups in total. The lowest BCUT2D eigenvalue weighted by Gasteiger charge is -2.11. The van der Waals surface area contributed by atoms with Crippen LogP contribution in [0.2, 0.25) is 5.02 Å². The Kier molecular flexibility index (Phi) is 5.92. The van der Waals surface area contributed by atoms with Crippen molar-refractivity contribution in [2.45, 2.75) is 49.6 Å². The van der Waals surface area contributed by atoms with Gasteiger partial charge in [0.25, 0.3) is 11.1 Å². The van der Waals surface area contributed by atoms with Crippen molar-refractivity contribution in [1.82, 2.24) is 19.5 Å². The zero-order valence-corrected chi connectivity index (χ0v) is 19.7. The molecule has 1 aliphatic rings. The number of nitrogens with zero attached hydrogens (tertiary/aromatic N) is 3. The lowest BCUT2D eigenvalue weighted by atomic mass is 10.1.